The van der Waals surface area contributed by atoms with Gasteiger partial charge in [-0.3, -0.25) is 0 Å². The van der Waals surface area contributed by atoms with E-state index in [0.717, 1.165) is 79.5 Å². The van der Waals surface area contributed by atoms with Gasteiger partial charge in [-0.05, 0) is 178 Å². The van der Waals surface area contributed by atoms with Gasteiger partial charge in [-0.25, -0.2) is 9.59 Å². The van der Waals surface area contributed by atoms with E-state index in [-0.39, 0.29) is 60.1 Å². The lowest BCUT2D eigenvalue weighted by molar-refractivity contribution is -0.135. The van der Waals surface area contributed by atoms with Crippen LogP contribution in [0.15, 0.2) is 113 Å². The molecule has 2 saturated heterocycles. The molecule has 4 fully saturated rings. The highest BCUT2D eigenvalue weighted by molar-refractivity contribution is 6.07. The molecular formula is C56H67N3O6. The fourth-order valence-electron chi connectivity index (χ4n) is 13.4. The Morgan fingerprint density at radius 1 is 0.892 bits per heavy atom. The summed E-state index contributed by atoms with van der Waals surface area (Å²) in [5, 5.41) is 32.6. The molecule has 2 saturated carbocycles. The number of benzene rings is 3. The van der Waals surface area contributed by atoms with Crippen LogP contribution in [-0.4, -0.2) is 54.6 Å². The van der Waals surface area contributed by atoms with Crippen molar-refractivity contribution in [2.75, 3.05) is 20.2 Å². The van der Waals surface area contributed by atoms with E-state index in [0.29, 0.717) is 53.9 Å². The molecule has 3 aromatic rings. The summed E-state index contributed by atoms with van der Waals surface area (Å²) < 4.78 is 12.9. The number of allylic oxidation sites excluding steroid dienone is 5. The number of rotatable bonds is 14. The van der Waals surface area contributed by atoms with Crippen molar-refractivity contribution in [3.05, 3.63) is 130 Å². The van der Waals surface area contributed by atoms with E-state index in [4.69, 9.17) is 9.47 Å². The predicted molar refractivity (Wildman–Crippen MR) is 254 cm³/mol. The van der Waals surface area contributed by atoms with E-state index in [1.165, 1.54) is 43.2 Å². The molecule has 9 heteroatoms. The summed E-state index contributed by atoms with van der Waals surface area (Å²) in [7, 11) is 1.97. The summed E-state index contributed by atoms with van der Waals surface area (Å²) in [6.45, 7) is 3.95. The van der Waals surface area contributed by atoms with Crippen molar-refractivity contribution in [1.29, 1.82) is 0 Å². The summed E-state index contributed by atoms with van der Waals surface area (Å²) in [5.74, 6) is 1.04. The van der Waals surface area contributed by atoms with Gasteiger partial charge in [0, 0.05) is 36.3 Å². The van der Waals surface area contributed by atoms with E-state index < -0.39 is 5.41 Å². The van der Waals surface area contributed by atoms with Crippen molar-refractivity contribution in [2.45, 2.75) is 116 Å². The highest BCUT2D eigenvalue weighted by Gasteiger charge is 2.68. The molecule has 5 N–H and O–H groups in total. The number of fused-ring (bicyclic) bond motifs is 1. The summed E-state index contributed by atoms with van der Waals surface area (Å²) >= 11 is 0. The molecule has 11 rings (SSSR count). The minimum Gasteiger partial charge on any atom is -0.508 e. The monoisotopic (exact) mass is 878 g/mol. The van der Waals surface area contributed by atoms with E-state index in [2.05, 4.69) is 83.6 Å². The maximum atomic E-state index is 15.0. The molecule has 9 nitrogen and oxygen atoms in total. The molecule has 65 heavy (non-hydrogen) atoms. The van der Waals surface area contributed by atoms with Crippen molar-refractivity contribution in [3.63, 3.8) is 0 Å². The molecule has 3 aliphatic heterocycles. The van der Waals surface area contributed by atoms with Gasteiger partial charge in [-0.2, -0.15) is 0 Å². The number of hydrogen-bond donors (Lipinski definition) is 5. The number of piperidine rings is 1. The second kappa shape index (κ2) is 18.8. The van der Waals surface area contributed by atoms with Crippen LogP contribution in [0.25, 0.3) is 16.7 Å². The number of carbonyl (C=O) groups excluding carboxylic acids is 2. The van der Waals surface area contributed by atoms with Crippen molar-refractivity contribution in [2.24, 2.45) is 40.9 Å². The number of aromatic hydroxyl groups is 1. The first kappa shape index (κ1) is 44.1. The normalized spacial score (nSPS) is 29.7. The van der Waals surface area contributed by atoms with E-state index in [1.54, 1.807) is 6.07 Å². The summed E-state index contributed by atoms with van der Waals surface area (Å²) in [5.41, 5.74) is 7.77. The number of hydrogen-bond acceptors (Lipinski definition) is 9. The maximum absolute atomic E-state index is 15.0. The summed E-state index contributed by atoms with van der Waals surface area (Å²) in [6, 6.07) is 25.4. The molecule has 2 bridgehead atoms. The van der Waals surface area contributed by atoms with Crippen LogP contribution in [0, 0.1) is 40.9 Å². The molecule has 8 atom stereocenters. The Hall–Kier alpha value is -4.80. The van der Waals surface area contributed by atoms with Crippen LogP contribution >= 0.6 is 0 Å². The lowest BCUT2D eigenvalue weighted by atomic mass is 9.44. The molecule has 3 heterocycles. The van der Waals surface area contributed by atoms with Crippen LogP contribution in [0.1, 0.15) is 107 Å². The fraction of sp³-hybridized carbons (Fsp3) is 0.500. The summed E-state index contributed by atoms with van der Waals surface area (Å²) in [6.07, 6.45) is 18.1. The van der Waals surface area contributed by atoms with Crippen LogP contribution in [0.5, 0.6) is 5.75 Å². The maximum Gasteiger partial charge on any atom is 0.340 e. The zero-order chi connectivity index (χ0) is 44.7. The second-order valence-corrected chi connectivity index (χ2v) is 20.1. The summed E-state index contributed by atoms with van der Waals surface area (Å²) in [4.78, 5) is 29.6. The topological polar surface area (TPSA) is 129 Å². The first-order chi connectivity index (χ1) is 31.8. The highest BCUT2D eigenvalue weighted by atomic mass is 16.5. The Balaban J connectivity index is 1.08. The molecule has 8 unspecified atom stereocenters. The molecule has 5 aliphatic carbocycles. The number of ether oxygens (including phenoxy) is 2. The lowest BCUT2D eigenvalue weighted by Gasteiger charge is -2.56. The van der Waals surface area contributed by atoms with Gasteiger partial charge >= 0.3 is 11.9 Å². The Morgan fingerprint density at radius 3 is 2.52 bits per heavy atom. The van der Waals surface area contributed by atoms with E-state index in [1.807, 2.05) is 25.2 Å². The Labute approximate surface area is 384 Å². The van der Waals surface area contributed by atoms with Gasteiger partial charge in [0.1, 0.15) is 17.3 Å². The molecule has 3 aromatic carbocycles. The number of phenolic OH excluding ortho intramolecular Hbond substituents is 1. The predicted octanol–water partition coefficient (Wildman–Crippen LogP) is 9.66. The number of aliphatic hydroxyl groups is 1. The molecular weight excluding hydrogens is 811 g/mol. The quantitative estimate of drug-likeness (QED) is 0.101. The standard InChI is InChI=1S/C56H67N3O6/c1-3-34(27-35-11-6-4-7-12-35)29-48-56-25-23-43(44-20-21-45-47(64-54(62)51(45)52(44)56)22-17-39(33-60)37-24-26-58-49(30-37)57-2)50(53(56)55(63)65-48)46-31-41(61)18-19-42(46)38-14-10-13-36(28-38)32-59-40-15-8-5-9-16-40/h4,6-7,10-14,18-19,22,28-29,31,34,37,39-40,43-44,49,52,57-61H,3,5,8-9,15-17,20-21,23-27,30,32-33H2,1-2H3. The van der Waals surface area contributed by atoms with Crippen molar-refractivity contribution < 1.29 is 29.3 Å². The third kappa shape index (κ3) is 8.25. The lowest BCUT2D eigenvalue weighted by Crippen LogP contribution is -2.52. The Morgan fingerprint density at radius 2 is 1.72 bits per heavy atom. The second-order valence-electron chi connectivity index (χ2n) is 20.1. The Kier molecular flexibility index (Phi) is 12.8. The van der Waals surface area contributed by atoms with Crippen LogP contribution < -0.4 is 16.0 Å². The van der Waals surface area contributed by atoms with Gasteiger partial charge < -0.3 is 35.6 Å². The van der Waals surface area contributed by atoms with Gasteiger partial charge in [-0.1, -0.05) is 80.8 Å². The highest BCUT2D eigenvalue weighted by Crippen LogP contribution is 2.72. The molecule has 342 valence electrons. The first-order valence-corrected chi connectivity index (χ1v) is 24.9. The average molecular weight is 878 g/mol. The average Bonchev–Trinajstić information content (AvgIpc) is 3.83. The van der Waals surface area contributed by atoms with Gasteiger partial charge in [-0.15, -0.1) is 0 Å². The van der Waals surface area contributed by atoms with Gasteiger partial charge in [0.15, 0.2) is 0 Å². The van der Waals surface area contributed by atoms with Crippen molar-refractivity contribution in [3.8, 4) is 16.9 Å². The third-order valence-corrected chi connectivity index (χ3v) is 16.6. The molecule has 0 radical (unpaired) electrons. The van der Waals surface area contributed by atoms with Crippen LogP contribution in [-0.2, 0) is 32.0 Å². The van der Waals surface area contributed by atoms with E-state index >= 15 is 0 Å². The number of carbonyl (C=O) groups is 2. The number of cyclic esters (lactones) is 2. The van der Waals surface area contributed by atoms with Crippen molar-refractivity contribution >= 4 is 17.5 Å². The minimum atomic E-state index is -0.870. The van der Waals surface area contributed by atoms with Gasteiger partial charge in [0.05, 0.1) is 17.2 Å². The SMILES string of the molecule is CCC(C=C1OC(=O)C2=C(c3cc(O)ccc3-c3cccc(CNC4CCCCC4)c3)C3CCC12C1C2=C(CCC31)C(=CCC(CO)C1CCNC(NC)C1)OC2=O)Cc1ccccc1. The largest absolute Gasteiger partial charge is 0.508 e. The third-order valence-electron chi connectivity index (χ3n) is 16.6. The number of nitrogens with one attached hydrogen (secondary N) is 3. The van der Waals surface area contributed by atoms with Crippen LogP contribution in [0.2, 0.25) is 0 Å². The zero-order valence-corrected chi connectivity index (χ0v) is 38.2. The minimum absolute atomic E-state index is 0.0274. The number of aliphatic hydroxyl groups excluding tert-OH is 1. The van der Waals surface area contributed by atoms with Crippen LogP contribution in [0.3, 0.4) is 0 Å². The first-order valence-electron chi connectivity index (χ1n) is 24.9. The molecule has 0 aromatic heterocycles. The zero-order valence-electron chi connectivity index (χ0n) is 38.2. The van der Waals surface area contributed by atoms with Gasteiger partial charge in [0.25, 0.3) is 0 Å². The smallest absolute Gasteiger partial charge is 0.340 e. The van der Waals surface area contributed by atoms with Gasteiger partial charge in [0.2, 0.25) is 0 Å². The number of phenols is 1. The van der Waals surface area contributed by atoms with Crippen molar-refractivity contribution in [1.82, 2.24) is 16.0 Å². The molecule has 8 aliphatic rings. The Bertz CT molecular complexity index is 2410. The fourth-order valence-corrected chi connectivity index (χ4v) is 13.4. The van der Waals surface area contributed by atoms with E-state index in [9.17, 15) is 19.8 Å². The molecule has 1 spiro atoms. The number of esters is 2. The molecule has 0 amide bonds. The van der Waals surface area contributed by atoms with Crippen LogP contribution in [0.4, 0.5) is 0 Å².